The number of nitrogens with zero attached hydrogens (tertiary/aromatic N) is 1. The van der Waals surface area contributed by atoms with E-state index in [0.29, 0.717) is 23.9 Å². The van der Waals surface area contributed by atoms with Crippen LogP contribution in [0.4, 0.5) is 5.69 Å². The molecule has 1 aromatic heterocycles. The van der Waals surface area contributed by atoms with Gasteiger partial charge in [-0.2, -0.15) is 0 Å². The monoisotopic (exact) mass is 322 g/mol. The van der Waals surface area contributed by atoms with Crippen molar-refractivity contribution >= 4 is 29.2 Å². The predicted molar refractivity (Wildman–Crippen MR) is 82.4 cm³/mol. The molecule has 0 unspecified atom stereocenters. The maximum Gasteiger partial charge on any atom is 0.306 e. The van der Waals surface area contributed by atoms with Crippen molar-refractivity contribution in [2.75, 3.05) is 11.9 Å². The lowest BCUT2D eigenvalue weighted by atomic mass is 9.86. The first-order chi connectivity index (χ1) is 10.6. The molecule has 6 heteroatoms. The molecule has 3 rings (SSSR count). The van der Waals surface area contributed by atoms with Gasteiger partial charge in [-0.3, -0.25) is 9.59 Å². The van der Waals surface area contributed by atoms with Crippen LogP contribution in [0.2, 0.25) is 5.15 Å². The second-order valence-electron chi connectivity index (χ2n) is 6.19. The van der Waals surface area contributed by atoms with Gasteiger partial charge in [0.05, 0.1) is 5.69 Å². The number of ether oxygens (including phenoxy) is 1. The summed E-state index contributed by atoms with van der Waals surface area (Å²) in [6.45, 7) is -0.287. The fourth-order valence-corrected chi connectivity index (χ4v) is 3.88. The Bertz CT molecular complexity index is 578. The van der Waals surface area contributed by atoms with Crippen LogP contribution in [0.3, 0.4) is 0 Å². The van der Waals surface area contributed by atoms with Gasteiger partial charge in [-0.25, -0.2) is 4.98 Å². The Morgan fingerprint density at radius 1 is 1.36 bits per heavy atom. The summed E-state index contributed by atoms with van der Waals surface area (Å²) < 4.78 is 5.07. The number of carbonyl (C=O) groups excluding carboxylic acids is 2. The third kappa shape index (κ3) is 3.58. The largest absolute Gasteiger partial charge is 0.456 e. The van der Waals surface area contributed by atoms with Gasteiger partial charge in [0, 0.05) is 12.6 Å². The zero-order valence-electron chi connectivity index (χ0n) is 12.3. The molecule has 2 aliphatic carbocycles. The number of esters is 1. The summed E-state index contributed by atoms with van der Waals surface area (Å²) in [5.74, 6) is 1.24. The molecule has 2 fully saturated rings. The molecule has 0 aliphatic heterocycles. The van der Waals surface area contributed by atoms with E-state index in [1.165, 1.54) is 25.5 Å². The molecular formula is C16H19ClN2O3. The van der Waals surface area contributed by atoms with E-state index in [1.54, 1.807) is 12.1 Å². The lowest BCUT2D eigenvalue weighted by Gasteiger charge is -2.20. The van der Waals surface area contributed by atoms with Crippen molar-refractivity contribution < 1.29 is 14.3 Å². The van der Waals surface area contributed by atoms with Crippen LogP contribution >= 0.6 is 11.6 Å². The third-order valence-electron chi connectivity index (χ3n) is 4.71. The molecule has 2 saturated carbocycles. The van der Waals surface area contributed by atoms with Gasteiger partial charge in [0.1, 0.15) is 0 Å². The molecule has 3 atom stereocenters. The molecular weight excluding hydrogens is 304 g/mol. The molecule has 0 aromatic carbocycles. The molecule has 2 aliphatic rings. The Hall–Kier alpha value is -1.62. The van der Waals surface area contributed by atoms with Crippen LogP contribution in [0.25, 0.3) is 0 Å². The minimum atomic E-state index is -0.406. The van der Waals surface area contributed by atoms with Gasteiger partial charge in [-0.15, -0.1) is 0 Å². The Kier molecular flexibility index (Phi) is 4.62. The van der Waals surface area contributed by atoms with Crippen LogP contribution in [0.15, 0.2) is 18.3 Å². The van der Waals surface area contributed by atoms with Crippen molar-refractivity contribution in [1.29, 1.82) is 0 Å². The molecule has 0 radical (unpaired) electrons. The summed E-state index contributed by atoms with van der Waals surface area (Å²) in [5, 5.41) is 2.79. The smallest absolute Gasteiger partial charge is 0.306 e. The lowest BCUT2D eigenvalue weighted by molar-refractivity contribution is -0.148. The van der Waals surface area contributed by atoms with Gasteiger partial charge in [-0.1, -0.05) is 18.0 Å². The molecule has 22 heavy (non-hydrogen) atoms. The van der Waals surface area contributed by atoms with E-state index in [4.69, 9.17) is 16.3 Å². The topological polar surface area (TPSA) is 68.3 Å². The highest BCUT2D eigenvalue weighted by molar-refractivity contribution is 6.32. The number of pyridine rings is 1. The number of halogens is 1. The second kappa shape index (κ2) is 6.65. The van der Waals surface area contributed by atoms with E-state index in [2.05, 4.69) is 10.3 Å². The summed E-state index contributed by atoms with van der Waals surface area (Å²) >= 11 is 5.85. The summed E-state index contributed by atoms with van der Waals surface area (Å²) in [6, 6.07) is 3.31. The highest BCUT2D eigenvalue weighted by Gasteiger charge is 2.40. The van der Waals surface area contributed by atoms with E-state index in [-0.39, 0.29) is 17.7 Å². The van der Waals surface area contributed by atoms with Crippen LogP contribution in [0, 0.1) is 17.8 Å². The Morgan fingerprint density at radius 2 is 2.23 bits per heavy atom. The average molecular weight is 323 g/mol. The van der Waals surface area contributed by atoms with Gasteiger partial charge in [-0.05, 0) is 49.1 Å². The number of carbonyl (C=O) groups is 2. The summed E-state index contributed by atoms with van der Waals surface area (Å²) in [6.07, 6.45) is 6.91. The zero-order valence-corrected chi connectivity index (χ0v) is 13.0. The summed E-state index contributed by atoms with van der Waals surface area (Å²) in [7, 11) is 0. The number of hydrogen-bond donors (Lipinski definition) is 1. The van der Waals surface area contributed by atoms with Crippen molar-refractivity contribution in [2.45, 2.75) is 32.1 Å². The highest BCUT2D eigenvalue weighted by Crippen LogP contribution is 2.49. The number of fused-ring (bicyclic) bond motifs is 2. The van der Waals surface area contributed by atoms with Gasteiger partial charge < -0.3 is 10.1 Å². The Labute approximate surface area is 134 Å². The molecule has 2 bridgehead atoms. The number of anilines is 1. The third-order valence-corrected chi connectivity index (χ3v) is 5.01. The number of aromatic nitrogens is 1. The van der Waals surface area contributed by atoms with Crippen molar-refractivity contribution in [3.8, 4) is 0 Å². The molecule has 0 saturated heterocycles. The number of hydrogen-bond acceptors (Lipinski definition) is 4. The Balaban J connectivity index is 1.41. The molecule has 0 spiro atoms. The van der Waals surface area contributed by atoms with E-state index in [0.717, 1.165) is 12.3 Å². The van der Waals surface area contributed by atoms with Gasteiger partial charge >= 0.3 is 5.97 Å². The average Bonchev–Trinajstić information content (AvgIpc) is 3.10. The molecule has 1 N–H and O–H groups in total. The minimum absolute atomic E-state index is 0.212. The first-order valence-corrected chi connectivity index (χ1v) is 8.05. The molecule has 1 amide bonds. The molecule has 118 valence electrons. The van der Waals surface area contributed by atoms with Crippen LogP contribution < -0.4 is 5.32 Å². The van der Waals surface area contributed by atoms with E-state index in [1.807, 2.05) is 0 Å². The SMILES string of the molecule is O=C(COC(=O)C[C@H]1C[C@H]2CC[C@@H]1C2)Nc1cccnc1Cl. The van der Waals surface area contributed by atoms with Crippen LogP contribution in [0.5, 0.6) is 0 Å². The highest BCUT2D eigenvalue weighted by atomic mass is 35.5. The van der Waals surface area contributed by atoms with Crippen molar-refractivity contribution in [1.82, 2.24) is 4.98 Å². The van der Waals surface area contributed by atoms with Gasteiger partial charge in [0.25, 0.3) is 5.91 Å². The first kappa shape index (κ1) is 15.3. The maximum absolute atomic E-state index is 11.9. The quantitative estimate of drug-likeness (QED) is 0.668. The van der Waals surface area contributed by atoms with Crippen LogP contribution in [0.1, 0.15) is 32.1 Å². The van der Waals surface area contributed by atoms with Gasteiger partial charge in [0.15, 0.2) is 11.8 Å². The minimum Gasteiger partial charge on any atom is -0.456 e. The van der Waals surface area contributed by atoms with E-state index in [9.17, 15) is 9.59 Å². The molecule has 1 aromatic rings. The lowest BCUT2D eigenvalue weighted by Crippen LogP contribution is -2.23. The fourth-order valence-electron chi connectivity index (χ4n) is 3.71. The van der Waals surface area contributed by atoms with Crippen LogP contribution in [-0.2, 0) is 14.3 Å². The predicted octanol–water partition coefficient (Wildman–Crippen LogP) is 3.04. The zero-order chi connectivity index (χ0) is 15.5. The second-order valence-corrected chi connectivity index (χ2v) is 6.55. The Morgan fingerprint density at radius 3 is 2.91 bits per heavy atom. The van der Waals surface area contributed by atoms with E-state index >= 15 is 0 Å². The summed E-state index contributed by atoms with van der Waals surface area (Å²) in [5.41, 5.74) is 0.415. The maximum atomic E-state index is 11.9. The number of nitrogens with one attached hydrogen (secondary N) is 1. The van der Waals surface area contributed by atoms with Crippen LogP contribution in [-0.4, -0.2) is 23.5 Å². The normalized spacial score (nSPS) is 26.0. The standard InChI is InChI=1S/C16H19ClN2O3/c17-16-13(2-1-5-18-16)19-14(20)9-22-15(21)8-12-7-10-3-4-11(12)6-10/h1-2,5,10-12H,3-4,6-9H2,(H,19,20)/t10-,11+,12+/m0/s1. The van der Waals surface area contributed by atoms with E-state index < -0.39 is 5.91 Å². The first-order valence-electron chi connectivity index (χ1n) is 7.68. The summed E-state index contributed by atoms with van der Waals surface area (Å²) in [4.78, 5) is 27.5. The number of amides is 1. The van der Waals surface area contributed by atoms with Crippen molar-refractivity contribution in [2.24, 2.45) is 17.8 Å². The fraction of sp³-hybridized carbons (Fsp3) is 0.562. The molecule has 5 nitrogen and oxygen atoms in total. The number of rotatable bonds is 5. The van der Waals surface area contributed by atoms with Crippen molar-refractivity contribution in [3.05, 3.63) is 23.5 Å². The van der Waals surface area contributed by atoms with Gasteiger partial charge in [0.2, 0.25) is 0 Å². The van der Waals surface area contributed by atoms with Crippen molar-refractivity contribution in [3.63, 3.8) is 0 Å². The molecule has 1 heterocycles.